The van der Waals surface area contributed by atoms with Gasteiger partial charge in [-0.05, 0) is 25.1 Å². The molecule has 2 rings (SSSR count). The number of anilines is 1. The summed E-state index contributed by atoms with van der Waals surface area (Å²) < 4.78 is 10.1. The zero-order valence-electron chi connectivity index (χ0n) is 12.7. The van der Waals surface area contributed by atoms with Crippen molar-refractivity contribution in [2.45, 2.75) is 6.92 Å². The number of carbonyl (C=O) groups is 1. The molecule has 0 saturated carbocycles. The van der Waals surface area contributed by atoms with Gasteiger partial charge in [-0.3, -0.25) is 0 Å². The molecule has 0 radical (unpaired) electrons. The summed E-state index contributed by atoms with van der Waals surface area (Å²) in [6.07, 6.45) is 0. The second-order valence-electron chi connectivity index (χ2n) is 4.76. The van der Waals surface area contributed by atoms with E-state index in [4.69, 9.17) is 32.4 Å². The molecule has 0 aliphatic rings. The molecule has 0 spiro atoms. The normalized spacial score (nSPS) is 10.7. The summed E-state index contributed by atoms with van der Waals surface area (Å²) in [4.78, 5) is 25.7. The highest BCUT2D eigenvalue weighted by Crippen LogP contribution is 2.22. The van der Waals surface area contributed by atoms with Crippen molar-refractivity contribution < 1.29 is 13.9 Å². The Labute approximate surface area is 143 Å². The van der Waals surface area contributed by atoms with Crippen molar-refractivity contribution in [3.63, 3.8) is 0 Å². The number of nitrogens with zero attached hydrogens (tertiary/aromatic N) is 1. The van der Waals surface area contributed by atoms with Crippen LogP contribution < -0.4 is 10.5 Å². The summed E-state index contributed by atoms with van der Waals surface area (Å²) >= 11 is 11.6. The van der Waals surface area contributed by atoms with Gasteiger partial charge in [-0.25, -0.2) is 9.59 Å². The maximum atomic E-state index is 12.0. The number of halogens is 2. The van der Waals surface area contributed by atoms with Crippen LogP contribution in [0, 0.1) is 0 Å². The first-order chi connectivity index (χ1) is 11.1. The highest BCUT2D eigenvalue weighted by Gasteiger charge is 2.15. The minimum absolute atomic E-state index is 0.106. The average Bonchev–Trinajstić information content (AvgIpc) is 2.53. The maximum absolute atomic E-state index is 12.0. The number of rotatable bonds is 7. The second-order valence-corrected chi connectivity index (χ2v) is 5.51. The topological polar surface area (TPSA) is 59.8 Å². The van der Waals surface area contributed by atoms with Gasteiger partial charge in [0.05, 0.1) is 6.61 Å². The second kappa shape index (κ2) is 8.22. The van der Waals surface area contributed by atoms with Gasteiger partial charge in [0.1, 0.15) is 11.1 Å². The van der Waals surface area contributed by atoms with E-state index in [9.17, 15) is 9.59 Å². The molecule has 7 heteroatoms. The zero-order valence-corrected chi connectivity index (χ0v) is 14.2. The fourth-order valence-corrected chi connectivity index (χ4v) is 2.63. The van der Waals surface area contributed by atoms with Gasteiger partial charge in [0.15, 0.2) is 0 Å². The molecule has 1 aromatic carbocycles. The van der Waals surface area contributed by atoms with Gasteiger partial charge in [-0.1, -0.05) is 0 Å². The van der Waals surface area contributed by atoms with E-state index in [0.29, 0.717) is 35.8 Å². The molecule has 0 amide bonds. The summed E-state index contributed by atoms with van der Waals surface area (Å²) in [5.41, 5.74) is 0.431. The van der Waals surface area contributed by atoms with Crippen LogP contribution in [0.15, 0.2) is 33.5 Å². The van der Waals surface area contributed by atoms with E-state index < -0.39 is 11.6 Å². The molecule has 0 unspecified atom stereocenters. The first-order valence-corrected chi connectivity index (χ1v) is 8.29. The third-order valence-electron chi connectivity index (χ3n) is 3.29. The van der Waals surface area contributed by atoms with Gasteiger partial charge in [0.2, 0.25) is 0 Å². The van der Waals surface area contributed by atoms with Gasteiger partial charge in [0, 0.05) is 42.0 Å². The molecule has 0 fully saturated rings. The van der Waals surface area contributed by atoms with Crippen molar-refractivity contribution in [3.8, 4) is 0 Å². The third-order valence-corrected chi connectivity index (χ3v) is 3.63. The van der Waals surface area contributed by atoms with Gasteiger partial charge in [-0.15, -0.1) is 23.2 Å². The Balaban J connectivity index is 2.43. The molecule has 5 nitrogen and oxygen atoms in total. The first-order valence-electron chi connectivity index (χ1n) is 7.22. The van der Waals surface area contributed by atoms with E-state index in [-0.39, 0.29) is 12.2 Å². The van der Waals surface area contributed by atoms with Crippen molar-refractivity contribution in [3.05, 3.63) is 40.2 Å². The van der Waals surface area contributed by atoms with Crippen LogP contribution in [-0.4, -0.2) is 37.4 Å². The predicted molar refractivity (Wildman–Crippen MR) is 92.1 cm³/mol. The van der Waals surface area contributed by atoms with Crippen LogP contribution in [0.5, 0.6) is 0 Å². The lowest BCUT2D eigenvalue weighted by atomic mass is 10.1. The number of carbonyl (C=O) groups excluding carboxylic acids is 1. The molecule has 23 heavy (non-hydrogen) atoms. The molecule has 2 aromatic rings. The number of hydrogen-bond acceptors (Lipinski definition) is 5. The number of fused-ring (bicyclic) bond motifs is 1. The molecule has 0 N–H and O–H groups in total. The summed E-state index contributed by atoms with van der Waals surface area (Å²) in [5.74, 6) is 0.236. The summed E-state index contributed by atoms with van der Waals surface area (Å²) in [6, 6.07) is 6.88. The molecular formula is C16H17Cl2NO4. The summed E-state index contributed by atoms with van der Waals surface area (Å²) in [7, 11) is 0. The van der Waals surface area contributed by atoms with E-state index >= 15 is 0 Å². The largest absolute Gasteiger partial charge is 0.462 e. The van der Waals surface area contributed by atoms with Crippen molar-refractivity contribution in [2.24, 2.45) is 0 Å². The monoisotopic (exact) mass is 357 g/mol. The number of esters is 1. The lowest BCUT2D eigenvalue weighted by Crippen LogP contribution is -2.27. The minimum atomic E-state index is -0.714. The van der Waals surface area contributed by atoms with Crippen molar-refractivity contribution >= 4 is 45.8 Å². The molecule has 0 atom stereocenters. The molecule has 0 aliphatic heterocycles. The van der Waals surface area contributed by atoms with Gasteiger partial charge in [-0.2, -0.15) is 0 Å². The van der Waals surface area contributed by atoms with Gasteiger partial charge in [0.25, 0.3) is 0 Å². The van der Waals surface area contributed by atoms with E-state index in [1.807, 2.05) is 11.0 Å². The van der Waals surface area contributed by atoms with Crippen LogP contribution in [0.3, 0.4) is 0 Å². The summed E-state index contributed by atoms with van der Waals surface area (Å²) in [5, 5.41) is 0.646. The maximum Gasteiger partial charge on any atom is 0.351 e. The first kappa shape index (κ1) is 17.6. The number of alkyl halides is 2. The highest BCUT2D eigenvalue weighted by molar-refractivity contribution is 6.18. The van der Waals surface area contributed by atoms with Crippen molar-refractivity contribution in [2.75, 3.05) is 36.4 Å². The number of benzene rings is 1. The van der Waals surface area contributed by atoms with Crippen LogP contribution in [0.2, 0.25) is 0 Å². The highest BCUT2D eigenvalue weighted by atomic mass is 35.5. The molecule has 0 saturated heterocycles. The molecule has 0 bridgehead atoms. The van der Waals surface area contributed by atoms with Crippen LogP contribution in [0.4, 0.5) is 5.69 Å². The van der Waals surface area contributed by atoms with Gasteiger partial charge >= 0.3 is 11.6 Å². The van der Waals surface area contributed by atoms with E-state index in [2.05, 4.69) is 0 Å². The number of ether oxygens (including phenoxy) is 1. The third kappa shape index (κ3) is 4.18. The lowest BCUT2D eigenvalue weighted by molar-refractivity contribution is 0.0522. The molecule has 0 aliphatic carbocycles. The molecule has 124 valence electrons. The Bertz CT molecular complexity index is 738. The standard InChI is InChI=1S/C16H17Cl2NO4/c1-2-22-15(20)13-9-11-3-4-12(10-14(11)23-16(13)21)19(7-5-17)8-6-18/h3-4,9-10H,2,5-8H2,1H3. The van der Waals surface area contributed by atoms with E-state index in [1.165, 1.54) is 6.07 Å². The van der Waals surface area contributed by atoms with Crippen LogP contribution >= 0.6 is 23.2 Å². The molecule has 1 heterocycles. The summed E-state index contributed by atoms with van der Waals surface area (Å²) in [6.45, 7) is 3.13. The van der Waals surface area contributed by atoms with Crippen LogP contribution in [0.25, 0.3) is 11.0 Å². The minimum Gasteiger partial charge on any atom is -0.462 e. The lowest BCUT2D eigenvalue weighted by Gasteiger charge is -2.22. The Morgan fingerprint density at radius 3 is 2.52 bits per heavy atom. The van der Waals surface area contributed by atoms with Crippen LogP contribution in [-0.2, 0) is 4.74 Å². The quantitative estimate of drug-likeness (QED) is 0.432. The van der Waals surface area contributed by atoms with Gasteiger partial charge < -0.3 is 14.1 Å². The SMILES string of the molecule is CCOC(=O)c1cc2ccc(N(CCCl)CCCl)cc2oc1=O. The smallest absolute Gasteiger partial charge is 0.351 e. The fourth-order valence-electron chi connectivity index (χ4n) is 2.22. The zero-order chi connectivity index (χ0) is 16.8. The van der Waals surface area contributed by atoms with E-state index in [1.54, 1.807) is 19.1 Å². The molecule has 1 aromatic heterocycles. The Morgan fingerprint density at radius 2 is 1.91 bits per heavy atom. The Morgan fingerprint density at radius 1 is 1.22 bits per heavy atom. The Hall–Kier alpha value is -1.72. The average molecular weight is 358 g/mol. The molecular weight excluding hydrogens is 341 g/mol. The van der Waals surface area contributed by atoms with Crippen molar-refractivity contribution in [1.29, 1.82) is 0 Å². The predicted octanol–water partition coefficient (Wildman–Crippen LogP) is 3.25. The number of hydrogen-bond donors (Lipinski definition) is 0. The van der Waals surface area contributed by atoms with E-state index in [0.717, 1.165) is 5.69 Å². The van der Waals surface area contributed by atoms with Crippen LogP contribution in [0.1, 0.15) is 17.3 Å². The fraction of sp³-hybridized carbons (Fsp3) is 0.375. The Kier molecular flexibility index (Phi) is 6.30. The van der Waals surface area contributed by atoms with Crippen molar-refractivity contribution in [1.82, 2.24) is 0 Å².